The average Bonchev–Trinajstić information content (AvgIpc) is 3.27. The Morgan fingerprint density at radius 1 is 1.03 bits per heavy atom. The van der Waals surface area contributed by atoms with Crippen molar-refractivity contribution < 1.29 is 22.7 Å². The van der Waals surface area contributed by atoms with Crippen LogP contribution in [0.25, 0.3) is 0 Å². The number of rotatable bonds is 6. The van der Waals surface area contributed by atoms with Crippen LogP contribution >= 0.6 is 0 Å². The molecule has 4 rings (SSSR count). The fourth-order valence-electron chi connectivity index (χ4n) is 4.04. The lowest BCUT2D eigenvalue weighted by Crippen LogP contribution is -2.52. The summed E-state index contributed by atoms with van der Waals surface area (Å²) in [4.78, 5) is 17.1. The number of fused-ring (bicyclic) bond motifs is 1. The highest BCUT2D eigenvalue weighted by Crippen LogP contribution is 2.36. The van der Waals surface area contributed by atoms with Gasteiger partial charge in [-0.2, -0.15) is 0 Å². The minimum absolute atomic E-state index is 0.100. The molecule has 0 unspecified atom stereocenters. The molecule has 172 valence electrons. The van der Waals surface area contributed by atoms with Gasteiger partial charge in [-0.15, -0.1) is 0 Å². The Bertz CT molecular complexity index is 1110. The molecule has 2 aromatic rings. The van der Waals surface area contributed by atoms with Gasteiger partial charge < -0.3 is 19.3 Å². The van der Waals surface area contributed by atoms with Crippen molar-refractivity contribution in [3.05, 3.63) is 47.5 Å². The molecule has 2 aliphatic heterocycles. The standard InChI is InChI=1S/C23H29N3O5S/c1-4-32(28,29)26(19-8-9-21-22(14-19)31-16-30-21)15-23(27)25-12-10-24(11-13-25)20-7-5-6-17(2)18(20)3/h5-9,14H,4,10-13,15-16H2,1-3H3. The van der Waals surface area contributed by atoms with Gasteiger partial charge in [0.15, 0.2) is 11.5 Å². The molecule has 9 heteroatoms. The molecule has 2 aliphatic rings. The van der Waals surface area contributed by atoms with E-state index in [0.717, 1.165) is 0 Å². The quantitative estimate of drug-likeness (QED) is 0.661. The lowest BCUT2D eigenvalue weighted by atomic mass is 10.1. The number of nitrogens with zero attached hydrogens (tertiary/aromatic N) is 3. The van der Waals surface area contributed by atoms with Gasteiger partial charge in [-0.05, 0) is 50.1 Å². The van der Waals surface area contributed by atoms with Crippen molar-refractivity contribution in [1.29, 1.82) is 0 Å². The maximum atomic E-state index is 13.1. The van der Waals surface area contributed by atoms with E-state index in [1.54, 1.807) is 30.0 Å². The van der Waals surface area contributed by atoms with E-state index in [2.05, 4.69) is 30.9 Å². The van der Waals surface area contributed by atoms with Gasteiger partial charge in [0.2, 0.25) is 22.7 Å². The van der Waals surface area contributed by atoms with Gasteiger partial charge in [-0.3, -0.25) is 9.10 Å². The third kappa shape index (κ3) is 4.34. The van der Waals surface area contributed by atoms with Gasteiger partial charge in [0, 0.05) is 37.9 Å². The van der Waals surface area contributed by atoms with E-state index in [1.807, 2.05) is 6.07 Å². The van der Waals surface area contributed by atoms with Crippen LogP contribution in [0.2, 0.25) is 0 Å². The summed E-state index contributed by atoms with van der Waals surface area (Å²) >= 11 is 0. The molecule has 0 atom stereocenters. The van der Waals surface area contributed by atoms with Crippen LogP contribution in [-0.2, 0) is 14.8 Å². The lowest BCUT2D eigenvalue weighted by molar-refractivity contribution is -0.129. The zero-order chi connectivity index (χ0) is 22.9. The molecule has 0 spiro atoms. The molecule has 0 saturated carbocycles. The first kappa shape index (κ1) is 22.3. The van der Waals surface area contributed by atoms with Crippen LogP contribution in [0.3, 0.4) is 0 Å². The SMILES string of the molecule is CCS(=O)(=O)N(CC(=O)N1CCN(c2cccc(C)c2C)CC1)c1ccc2c(c1)OCO2. The van der Waals surface area contributed by atoms with Gasteiger partial charge in [0.1, 0.15) is 6.54 Å². The number of anilines is 2. The molecule has 0 bridgehead atoms. The predicted octanol–water partition coefficient (Wildman–Crippen LogP) is 2.54. The van der Waals surface area contributed by atoms with Crippen molar-refractivity contribution >= 4 is 27.3 Å². The maximum absolute atomic E-state index is 13.1. The van der Waals surface area contributed by atoms with E-state index in [4.69, 9.17) is 9.47 Å². The van der Waals surface area contributed by atoms with Gasteiger partial charge in [0.05, 0.1) is 11.4 Å². The average molecular weight is 460 g/mol. The van der Waals surface area contributed by atoms with Gasteiger partial charge in [0.25, 0.3) is 0 Å². The molecule has 0 N–H and O–H groups in total. The number of piperazine rings is 1. The summed E-state index contributed by atoms with van der Waals surface area (Å²) in [6.07, 6.45) is 0. The van der Waals surface area contributed by atoms with Crippen LogP contribution in [0.1, 0.15) is 18.1 Å². The highest BCUT2D eigenvalue weighted by atomic mass is 32.2. The molecule has 1 fully saturated rings. The summed E-state index contributed by atoms with van der Waals surface area (Å²) < 4.78 is 37.5. The van der Waals surface area contributed by atoms with Crippen molar-refractivity contribution in [2.75, 3.05) is 54.5 Å². The topological polar surface area (TPSA) is 79.4 Å². The van der Waals surface area contributed by atoms with Gasteiger partial charge in [-0.1, -0.05) is 12.1 Å². The zero-order valence-corrected chi connectivity index (χ0v) is 19.5. The molecule has 2 aromatic carbocycles. The van der Waals surface area contributed by atoms with Crippen LogP contribution < -0.4 is 18.7 Å². The Morgan fingerprint density at radius 2 is 1.75 bits per heavy atom. The number of amides is 1. The predicted molar refractivity (Wildman–Crippen MR) is 124 cm³/mol. The fourth-order valence-corrected chi connectivity index (χ4v) is 5.10. The Kier molecular flexibility index (Phi) is 6.19. The molecule has 0 aliphatic carbocycles. The summed E-state index contributed by atoms with van der Waals surface area (Å²) in [5, 5.41) is 0. The van der Waals surface area contributed by atoms with E-state index in [1.165, 1.54) is 21.1 Å². The van der Waals surface area contributed by atoms with Crippen LogP contribution in [0.5, 0.6) is 11.5 Å². The first-order chi connectivity index (χ1) is 15.3. The van der Waals surface area contributed by atoms with Crippen molar-refractivity contribution in [2.45, 2.75) is 20.8 Å². The number of carbonyl (C=O) groups is 1. The van der Waals surface area contributed by atoms with Crippen LogP contribution in [0.15, 0.2) is 36.4 Å². The van der Waals surface area contributed by atoms with Crippen molar-refractivity contribution in [1.82, 2.24) is 4.90 Å². The molecule has 1 saturated heterocycles. The Labute approximate surface area is 189 Å². The molecule has 8 nitrogen and oxygen atoms in total. The number of ether oxygens (including phenoxy) is 2. The largest absolute Gasteiger partial charge is 0.454 e. The number of benzene rings is 2. The Hall–Kier alpha value is -2.94. The second kappa shape index (κ2) is 8.90. The van der Waals surface area contributed by atoms with Crippen LogP contribution in [0, 0.1) is 13.8 Å². The lowest BCUT2D eigenvalue weighted by Gasteiger charge is -2.38. The molecule has 2 heterocycles. The summed E-state index contributed by atoms with van der Waals surface area (Å²) in [5.41, 5.74) is 4.08. The van der Waals surface area contributed by atoms with E-state index in [0.29, 0.717) is 43.4 Å². The summed E-state index contributed by atoms with van der Waals surface area (Å²) in [6.45, 7) is 8.16. The first-order valence-corrected chi connectivity index (χ1v) is 12.4. The van der Waals surface area contributed by atoms with E-state index < -0.39 is 10.0 Å². The number of hydrogen-bond donors (Lipinski definition) is 0. The van der Waals surface area contributed by atoms with E-state index >= 15 is 0 Å². The second-order valence-electron chi connectivity index (χ2n) is 8.03. The zero-order valence-electron chi connectivity index (χ0n) is 18.7. The number of sulfonamides is 1. The van der Waals surface area contributed by atoms with Crippen molar-refractivity contribution in [3.63, 3.8) is 0 Å². The number of aryl methyl sites for hydroxylation is 1. The van der Waals surface area contributed by atoms with Crippen molar-refractivity contribution in [2.24, 2.45) is 0 Å². The Morgan fingerprint density at radius 3 is 2.47 bits per heavy atom. The minimum Gasteiger partial charge on any atom is -0.454 e. The second-order valence-corrected chi connectivity index (χ2v) is 10.2. The summed E-state index contributed by atoms with van der Waals surface area (Å²) in [6, 6.07) is 11.2. The number of carbonyl (C=O) groups excluding carboxylic acids is 1. The fraction of sp³-hybridized carbons (Fsp3) is 0.435. The molecule has 0 aromatic heterocycles. The Balaban J connectivity index is 1.47. The third-order valence-corrected chi connectivity index (χ3v) is 7.91. The highest BCUT2D eigenvalue weighted by molar-refractivity contribution is 7.92. The molecular formula is C23H29N3O5S. The molecular weight excluding hydrogens is 430 g/mol. The molecule has 0 radical (unpaired) electrons. The molecule has 1 amide bonds. The summed E-state index contributed by atoms with van der Waals surface area (Å²) in [7, 11) is -3.65. The first-order valence-electron chi connectivity index (χ1n) is 10.8. The summed E-state index contributed by atoms with van der Waals surface area (Å²) in [5.74, 6) is 0.736. The van der Waals surface area contributed by atoms with E-state index in [9.17, 15) is 13.2 Å². The van der Waals surface area contributed by atoms with Crippen molar-refractivity contribution in [3.8, 4) is 11.5 Å². The van der Waals surface area contributed by atoms with Gasteiger partial charge in [-0.25, -0.2) is 8.42 Å². The van der Waals surface area contributed by atoms with Crippen LogP contribution in [-0.4, -0.2) is 64.5 Å². The normalized spacial score (nSPS) is 15.7. The monoisotopic (exact) mass is 459 g/mol. The molecule has 32 heavy (non-hydrogen) atoms. The smallest absolute Gasteiger partial charge is 0.243 e. The maximum Gasteiger partial charge on any atom is 0.243 e. The van der Waals surface area contributed by atoms with E-state index in [-0.39, 0.29) is 25.0 Å². The minimum atomic E-state index is -3.65. The highest BCUT2D eigenvalue weighted by Gasteiger charge is 2.29. The van der Waals surface area contributed by atoms with Crippen LogP contribution in [0.4, 0.5) is 11.4 Å². The van der Waals surface area contributed by atoms with Gasteiger partial charge >= 0.3 is 0 Å². The number of hydrogen-bond acceptors (Lipinski definition) is 6. The third-order valence-electron chi connectivity index (χ3n) is 6.17.